The predicted octanol–water partition coefficient (Wildman–Crippen LogP) is 1.97. The first-order valence-electron chi connectivity index (χ1n) is 4.59. The average molecular weight is 274 g/mol. The highest BCUT2D eigenvalue weighted by Gasteiger charge is 2.16. The Morgan fingerprint density at radius 1 is 1.53 bits per heavy atom. The highest BCUT2D eigenvalue weighted by molar-refractivity contribution is 9.10. The minimum Gasteiger partial charge on any atom is -0.467 e. The number of ether oxygens (including phenoxy) is 2. The molecule has 0 bridgehead atoms. The Morgan fingerprint density at radius 2 is 2.40 bits per heavy atom. The van der Waals surface area contributed by atoms with Gasteiger partial charge < -0.3 is 14.3 Å². The van der Waals surface area contributed by atoms with Crippen molar-refractivity contribution in [3.8, 4) is 5.75 Å². The van der Waals surface area contributed by atoms with Gasteiger partial charge in [0.1, 0.15) is 5.75 Å². The molecule has 0 aromatic heterocycles. The highest BCUT2D eigenvalue weighted by atomic mass is 79.9. The van der Waals surface area contributed by atoms with Crippen molar-refractivity contribution in [2.75, 3.05) is 13.9 Å². The summed E-state index contributed by atoms with van der Waals surface area (Å²) >= 11 is 3.50. The molecule has 1 aliphatic heterocycles. The van der Waals surface area contributed by atoms with Crippen LogP contribution in [0.5, 0.6) is 5.75 Å². The van der Waals surface area contributed by atoms with E-state index in [2.05, 4.69) is 21.4 Å². The maximum Gasteiger partial charge on any atom is 0.189 e. The molecule has 4 nitrogen and oxygen atoms in total. The van der Waals surface area contributed by atoms with E-state index in [-0.39, 0.29) is 0 Å². The van der Waals surface area contributed by atoms with Crippen LogP contribution in [0.15, 0.2) is 16.6 Å². The summed E-state index contributed by atoms with van der Waals surface area (Å²) in [6.45, 7) is 1.52. The van der Waals surface area contributed by atoms with Crippen LogP contribution in [0, 0.1) is 0 Å². The fourth-order valence-electron chi connectivity index (χ4n) is 1.52. The number of hydrogen-bond donors (Lipinski definition) is 1. The largest absolute Gasteiger partial charge is 0.467 e. The molecule has 0 spiro atoms. The fourth-order valence-corrected chi connectivity index (χ4v) is 2.03. The molecule has 0 saturated carbocycles. The van der Waals surface area contributed by atoms with Gasteiger partial charge in [0, 0.05) is 16.6 Å². The van der Waals surface area contributed by atoms with Gasteiger partial charge in [0.2, 0.25) is 0 Å². The first kappa shape index (κ1) is 10.9. The molecule has 0 amide bonds. The lowest BCUT2D eigenvalue weighted by Gasteiger charge is -2.21. The summed E-state index contributed by atoms with van der Waals surface area (Å²) in [4.78, 5) is 4.84. The summed E-state index contributed by atoms with van der Waals surface area (Å²) in [5.41, 5.74) is 4.99. The van der Waals surface area contributed by atoms with E-state index in [0.717, 1.165) is 21.3 Å². The summed E-state index contributed by atoms with van der Waals surface area (Å²) in [7, 11) is 1.59. The highest BCUT2D eigenvalue weighted by Crippen LogP contribution is 2.31. The molecule has 2 rings (SSSR count). The minimum atomic E-state index is 0.325. The van der Waals surface area contributed by atoms with E-state index in [4.69, 9.17) is 14.3 Å². The third-order valence-corrected chi connectivity index (χ3v) is 3.01. The maximum absolute atomic E-state index is 5.39. The zero-order chi connectivity index (χ0) is 10.7. The Kier molecular flexibility index (Phi) is 3.58. The molecular formula is C10H12BrNO3. The summed E-state index contributed by atoms with van der Waals surface area (Å²) in [6, 6.07) is 3.91. The molecule has 15 heavy (non-hydrogen) atoms. The number of rotatable bonds is 3. The van der Waals surface area contributed by atoms with Gasteiger partial charge in [-0.3, -0.25) is 0 Å². The molecule has 0 unspecified atom stereocenters. The number of fused-ring (bicyclic) bond motifs is 1. The van der Waals surface area contributed by atoms with Gasteiger partial charge in [0.15, 0.2) is 6.79 Å². The lowest BCUT2D eigenvalue weighted by molar-refractivity contribution is -0.0173. The molecule has 0 fully saturated rings. The summed E-state index contributed by atoms with van der Waals surface area (Å²) in [5, 5.41) is 0. The third kappa shape index (κ3) is 2.31. The van der Waals surface area contributed by atoms with E-state index in [9.17, 15) is 0 Å². The van der Waals surface area contributed by atoms with Gasteiger partial charge in [0.25, 0.3) is 0 Å². The Hall–Kier alpha value is -0.620. The monoisotopic (exact) mass is 273 g/mol. The topological polar surface area (TPSA) is 39.7 Å². The minimum absolute atomic E-state index is 0.325. The van der Waals surface area contributed by atoms with E-state index < -0.39 is 0 Å². The maximum atomic E-state index is 5.39. The number of hydroxylamine groups is 1. The van der Waals surface area contributed by atoms with E-state index in [1.54, 1.807) is 7.11 Å². The van der Waals surface area contributed by atoms with Crippen LogP contribution >= 0.6 is 15.9 Å². The second kappa shape index (κ2) is 4.94. The quantitative estimate of drug-likeness (QED) is 0.855. The van der Waals surface area contributed by atoms with Crippen molar-refractivity contribution in [3.63, 3.8) is 0 Å². The molecule has 82 valence electrons. The predicted molar refractivity (Wildman–Crippen MR) is 58.3 cm³/mol. The van der Waals surface area contributed by atoms with E-state index >= 15 is 0 Å². The molecule has 0 radical (unpaired) electrons. The van der Waals surface area contributed by atoms with Crippen LogP contribution < -0.4 is 10.2 Å². The molecule has 0 aliphatic carbocycles. The van der Waals surface area contributed by atoms with E-state index in [0.29, 0.717) is 19.9 Å². The molecule has 1 aliphatic rings. The fraction of sp³-hybridized carbons (Fsp3) is 0.400. The van der Waals surface area contributed by atoms with Crippen LogP contribution in [0.1, 0.15) is 11.1 Å². The lowest BCUT2D eigenvalue weighted by Crippen LogP contribution is -2.17. The lowest BCUT2D eigenvalue weighted by atomic mass is 10.1. The van der Waals surface area contributed by atoms with Crippen molar-refractivity contribution in [1.82, 2.24) is 5.48 Å². The second-order valence-corrected chi connectivity index (χ2v) is 3.99. The number of hydrogen-bond acceptors (Lipinski definition) is 4. The Bertz CT molecular complexity index is 357. The summed E-state index contributed by atoms with van der Waals surface area (Å²) < 4.78 is 11.7. The van der Waals surface area contributed by atoms with Crippen LogP contribution in [0.2, 0.25) is 0 Å². The van der Waals surface area contributed by atoms with Gasteiger partial charge in [-0.2, -0.15) is 5.48 Å². The van der Waals surface area contributed by atoms with Crippen LogP contribution in [0.3, 0.4) is 0 Å². The molecule has 5 heteroatoms. The summed E-state index contributed by atoms with van der Waals surface area (Å²) in [5.74, 6) is 0.886. The van der Waals surface area contributed by atoms with Crippen molar-refractivity contribution >= 4 is 15.9 Å². The Labute approximate surface area is 96.6 Å². The zero-order valence-corrected chi connectivity index (χ0v) is 9.96. The number of halogens is 1. The molecule has 0 atom stereocenters. The first-order chi connectivity index (χ1) is 7.33. The van der Waals surface area contributed by atoms with Gasteiger partial charge in [-0.15, -0.1) is 0 Å². The first-order valence-corrected chi connectivity index (χ1v) is 5.39. The van der Waals surface area contributed by atoms with Crippen molar-refractivity contribution < 1.29 is 14.3 Å². The van der Waals surface area contributed by atoms with Crippen LogP contribution in [0.4, 0.5) is 0 Å². The van der Waals surface area contributed by atoms with Gasteiger partial charge in [-0.1, -0.05) is 15.9 Å². The zero-order valence-electron chi connectivity index (χ0n) is 8.38. The van der Waals surface area contributed by atoms with Gasteiger partial charge in [-0.05, 0) is 17.7 Å². The van der Waals surface area contributed by atoms with Crippen LogP contribution in [0.25, 0.3) is 0 Å². The standard InChI is InChI=1S/C10H12BrNO3/c1-13-12-4-7-8-5-14-6-15-10(8)3-2-9(7)11/h2-3,12H,4-6H2,1H3. The smallest absolute Gasteiger partial charge is 0.189 e. The van der Waals surface area contributed by atoms with Crippen LogP contribution in [-0.4, -0.2) is 13.9 Å². The SMILES string of the molecule is CONCc1c(Br)ccc2c1COCO2. The van der Waals surface area contributed by atoms with Crippen molar-refractivity contribution in [3.05, 3.63) is 27.7 Å². The van der Waals surface area contributed by atoms with Gasteiger partial charge in [-0.25, -0.2) is 0 Å². The van der Waals surface area contributed by atoms with Gasteiger partial charge in [0.05, 0.1) is 13.7 Å². The number of nitrogens with one attached hydrogen (secondary N) is 1. The van der Waals surface area contributed by atoms with Crippen LogP contribution in [-0.2, 0) is 22.7 Å². The van der Waals surface area contributed by atoms with Crippen molar-refractivity contribution in [1.29, 1.82) is 0 Å². The van der Waals surface area contributed by atoms with Crippen molar-refractivity contribution in [2.24, 2.45) is 0 Å². The Balaban J connectivity index is 2.32. The summed E-state index contributed by atoms with van der Waals surface area (Å²) in [6.07, 6.45) is 0. The molecule has 0 saturated heterocycles. The Morgan fingerprint density at radius 3 is 3.20 bits per heavy atom. The normalized spacial score (nSPS) is 14.5. The van der Waals surface area contributed by atoms with Crippen molar-refractivity contribution in [2.45, 2.75) is 13.2 Å². The second-order valence-electron chi connectivity index (χ2n) is 3.14. The van der Waals surface area contributed by atoms with E-state index in [1.807, 2.05) is 12.1 Å². The molecular weight excluding hydrogens is 262 g/mol. The molecule has 1 aromatic carbocycles. The average Bonchev–Trinajstić information content (AvgIpc) is 2.28. The number of benzene rings is 1. The molecule has 1 aromatic rings. The molecule has 1 N–H and O–H groups in total. The molecule has 1 heterocycles. The van der Waals surface area contributed by atoms with Gasteiger partial charge >= 0.3 is 0 Å². The third-order valence-electron chi connectivity index (χ3n) is 2.27. The van der Waals surface area contributed by atoms with E-state index in [1.165, 1.54) is 0 Å².